The van der Waals surface area contributed by atoms with E-state index >= 15 is 0 Å². The van der Waals surface area contributed by atoms with Gasteiger partial charge in [0.05, 0.1) is 5.56 Å². The molecule has 0 bridgehead atoms. The van der Waals surface area contributed by atoms with Crippen molar-refractivity contribution >= 4 is 5.97 Å². The van der Waals surface area contributed by atoms with Crippen molar-refractivity contribution < 1.29 is 14.3 Å². The Morgan fingerprint density at radius 1 is 1.50 bits per heavy atom. The number of hydrogen-bond donors (Lipinski definition) is 1. The molecule has 1 aromatic carbocycles. The second kappa shape index (κ2) is 4.24. The summed E-state index contributed by atoms with van der Waals surface area (Å²) in [7, 11) is 0. The third kappa shape index (κ3) is 2.40. The van der Waals surface area contributed by atoms with E-state index in [0.29, 0.717) is 12.0 Å². The van der Waals surface area contributed by atoms with Gasteiger partial charge in [0.25, 0.3) is 0 Å². The maximum atomic E-state index is 13.5. The highest BCUT2D eigenvalue weighted by Crippen LogP contribution is 2.34. The first-order chi connectivity index (χ1) is 7.58. The van der Waals surface area contributed by atoms with Crippen LogP contribution in [-0.4, -0.2) is 11.1 Å². The molecule has 0 radical (unpaired) electrons. The maximum absolute atomic E-state index is 13.5. The van der Waals surface area contributed by atoms with Gasteiger partial charge in [0, 0.05) is 0 Å². The quantitative estimate of drug-likeness (QED) is 0.849. The lowest BCUT2D eigenvalue weighted by atomic mass is 9.98. The zero-order valence-electron chi connectivity index (χ0n) is 9.29. The highest BCUT2D eigenvalue weighted by Gasteiger charge is 2.23. The lowest BCUT2D eigenvalue weighted by Gasteiger charge is -2.08. The number of aromatic carboxylic acids is 1. The Bertz CT molecular complexity index is 422. The Hall–Kier alpha value is -1.38. The lowest BCUT2D eigenvalue weighted by Crippen LogP contribution is -2.07. The molecule has 16 heavy (non-hydrogen) atoms. The van der Waals surface area contributed by atoms with Crippen LogP contribution in [0.4, 0.5) is 4.39 Å². The fraction of sp³-hybridized carbons (Fsp3) is 0.462. The predicted octanol–water partition coefficient (Wildman–Crippen LogP) is 3.17. The standard InChI is InChI=1S/C13H15FO2/c1-8-6-10(5-4-9-2-3-9)12(13(15)16)11(14)7-8/h6-7,9H,2-5H2,1H3,(H,15,16). The summed E-state index contributed by atoms with van der Waals surface area (Å²) in [6, 6.07) is 3.07. The number of hydrogen-bond acceptors (Lipinski definition) is 1. The maximum Gasteiger partial charge on any atom is 0.338 e. The molecule has 2 rings (SSSR count). The van der Waals surface area contributed by atoms with Gasteiger partial charge in [0.2, 0.25) is 0 Å². The van der Waals surface area contributed by atoms with Crippen LogP contribution in [0.3, 0.4) is 0 Å². The summed E-state index contributed by atoms with van der Waals surface area (Å²) in [4.78, 5) is 11.0. The number of carboxylic acid groups (broad SMARTS) is 1. The molecule has 2 nitrogen and oxygen atoms in total. The van der Waals surface area contributed by atoms with E-state index in [9.17, 15) is 9.18 Å². The van der Waals surface area contributed by atoms with Gasteiger partial charge in [-0.2, -0.15) is 0 Å². The third-order valence-electron chi connectivity index (χ3n) is 3.05. The first kappa shape index (κ1) is 11.1. The van der Waals surface area contributed by atoms with Gasteiger partial charge in [-0.3, -0.25) is 0 Å². The predicted molar refractivity (Wildman–Crippen MR) is 59.1 cm³/mol. The molecule has 0 spiro atoms. The van der Waals surface area contributed by atoms with Crippen molar-refractivity contribution in [2.24, 2.45) is 5.92 Å². The summed E-state index contributed by atoms with van der Waals surface area (Å²) < 4.78 is 13.5. The molecule has 0 aliphatic heterocycles. The smallest absolute Gasteiger partial charge is 0.338 e. The zero-order chi connectivity index (χ0) is 11.7. The molecule has 0 saturated heterocycles. The molecule has 1 aromatic rings. The molecule has 0 heterocycles. The van der Waals surface area contributed by atoms with Gasteiger partial charge in [-0.25, -0.2) is 9.18 Å². The highest BCUT2D eigenvalue weighted by atomic mass is 19.1. The summed E-state index contributed by atoms with van der Waals surface area (Å²) in [6.07, 6.45) is 4.11. The number of carbonyl (C=O) groups is 1. The molecule has 1 N–H and O–H groups in total. The van der Waals surface area contributed by atoms with Crippen LogP contribution < -0.4 is 0 Å². The van der Waals surface area contributed by atoms with E-state index in [2.05, 4.69) is 0 Å². The van der Waals surface area contributed by atoms with E-state index in [4.69, 9.17) is 5.11 Å². The molecular formula is C13H15FO2. The SMILES string of the molecule is Cc1cc(F)c(C(=O)O)c(CCC2CC2)c1. The van der Waals surface area contributed by atoms with Crippen molar-refractivity contribution in [2.45, 2.75) is 32.6 Å². The van der Waals surface area contributed by atoms with Crippen LogP contribution in [0, 0.1) is 18.7 Å². The Morgan fingerprint density at radius 3 is 2.75 bits per heavy atom. The first-order valence-corrected chi connectivity index (χ1v) is 5.60. The number of benzene rings is 1. The molecule has 0 atom stereocenters. The average molecular weight is 222 g/mol. The molecule has 86 valence electrons. The zero-order valence-corrected chi connectivity index (χ0v) is 9.29. The first-order valence-electron chi connectivity index (χ1n) is 5.60. The van der Waals surface area contributed by atoms with Crippen molar-refractivity contribution in [3.63, 3.8) is 0 Å². The summed E-state index contributed by atoms with van der Waals surface area (Å²) >= 11 is 0. The number of halogens is 1. The van der Waals surface area contributed by atoms with Crippen LogP contribution in [-0.2, 0) is 6.42 Å². The minimum absolute atomic E-state index is 0.147. The third-order valence-corrected chi connectivity index (χ3v) is 3.05. The van der Waals surface area contributed by atoms with Gasteiger partial charge < -0.3 is 5.11 Å². The lowest BCUT2D eigenvalue weighted by molar-refractivity contribution is 0.0690. The minimum atomic E-state index is -1.16. The molecule has 1 aliphatic carbocycles. The molecular weight excluding hydrogens is 207 g/mol. The molecule has 0 aromatic heterocycles. The van der Waals surface area contributed by atoms with Crippen molar-refractivity contribution in [2.75, 3.05) is 0 Å². The molecule has 0 unspecified atom stereocenters. The summed E-state index contributed by atoms with van der Waals surface area (Å²) in [5.74, 6) is -1.05. The Labute approximate surface area is 94.1 Å². The van der Waals surface area contributed by atoms with Crippen LogP contribution >= 0.6 is 0 Å². The van der Waals surface area contributed by atoms with Crippen molar-refractivity contribution in [1.82, 2.24) is 0 Å². The second-order valence-corrected chi connectivity index (χ2v) is 4.57. The number of aryl methyl sites for hydroxylation is 2. The van der Waals surface area contributed by atoms with Crippen molar-refractivity contribution in [1.29, 1.82) is 0 Å². The van der Waals surface area contributed by atoms with E-state index in [-0.39, 0.29) is 5.56 Å². The van der Waals surface area contributed by atoms with E-state index in [0.717, 1.165) is 17.9 Å². The van der Waals surface area contributed by atoms with Gasteiger partial charge in [-0.1, -0.05) is 18.9 Å². The van der Waals surface area contributed by atoms with Crippen LogP contribution in [0.1, 0.15) is 40.7 Å². The molecule has 1 fully saturated rings. The number of carboxylic acids is 1. The fourth-order valence-corrected chi connectivity index (χ4v) is 2.02. The molecule has 1 saturated carbocycles. The van der Waals surface area contributed by atoms with Gasteiger partial charge in [0.1, 0.15) is 5.82 Å². The van der Waals surface area contributed by atoms with Crippen LogP contribution in [0.5, 0.6) is 0 Å². The second-order valence-electron chi connectivity index (χ2n) is 4.57. The normalized spacial score (nSPS) is 15.1. The number of rotatable bonds is 4. The van der Waals surface area contributed by atoms with Crippen molar-refractivity contribution in [3.05, 3.63) is 34.6 Å². The van der Waals surface area contributed by atoms with E-state index in [1.807, 2.05) is 0 Å². The Kier molecular flexibility index (Phi) is 2.95. The summed E-state index contributed by atoms with van der Waals surface area (Å²) in [5, 5.41) is 8.98. The fourth-order valence-electron chi connectivity index (χ4n) is 2.02. The van der Waals surface area contributed by atoms with Crippen molar-refractivity contribution in [3.8, 4) is 0 Å². The topological polar surface area (TPSA) is 37.3 Å². The molecule has 1 aliphatic rings. The van der Waals surface area contributed by atoms with Gasteiger partial charge in [-0.15, -0.1) is 0 Å². The van der Waals surface area contributed by atoms with Gasteiger partial charge in [-0.05, 0) is 42.9 Å². The Balaban J connectivity index is 2.27. The highest BCUT2D eigenvalue weighted by molar-refractivity contribution is 5.89. The minimum Gasteiger partial charge on any atom is -0.478 e. The van der Waals surface area contributed by atoms with E-state index in [1.54, 1.807) is 13.0 Å². The van der Waals surface area contributed by atoms with Crippen LogP contribution in [0.15, 0.2) is 12.1 Å². The summed E-state index contributed by atoms with van der Waals surface area (Å²) in [6.45, 7) is 1.79. The largest absolute Gasteiger partial charge is 0.478 e. The monoisotopic (exact) mass is 222 g/mol. The average Bonchev–Trinajstić information content (AvgIpc) is 2.95. The van der Waals surface area contributed by atoms with E-state index in [1.165, 1.54) is 18.9 Å². The molecule has 3 heteroatoms. The van der Waals surface area contributed by atoms with Crippen LogP contribution in [0.25, 0.3) is 0 Å². The molecule has 0 amide bonds. The van der Waals surface area contributed by atoms with Gasteiger partial charge in [0.15, 0.2) is 0 Å². The van der Waals surface area contributed by atoms with E-state index < -0.39 is 11.8 Å². The summed E-state index contributed by atoms with van der Waals surface area (Å²) in [5.41, 5.74) is 1.27. The van der Waals surface area contributed by atoms with Crippen LogP contribution in [0.2, 0.25) is 0 Å². The van der Waals surface area contributed by atoms with Gasteiger partial charge >= 0.3 is 5.97 Å². The Morgan fingerprint density at radius 2 is 2.19 bits per heavy atom.